The van der Waals surface area contributed by atoms with Gasteiger partial charge in [0.05, 0.1) is 0 Å². The monoisotopic (exact) mass is 292 g/mol. The number of aromatic hydroxyl groups is 1. The quantitative estimate of drug-likeness (QED) is 0.599. The number of amides is 2. The molecule has 1 heterocycles. The molecule has 0 bridgehead atoms. The Labute approximate surface area is 121 Å². The summed E-state index contributed by atoms with van der Waals surface area (Å²) in [5.74, 6) is -1.77. The number of hydrogen-bond acceptors (Lipinski definition) is 4. The number of carbonyl (C=O) groups excluding carboxylic acids is 2. The molecule has 1 aromatic rings. The SMILES string of the molecule is O=C1CCC(C(=O)N[C@H](Cc2ccc(O)cc2)C(=O)O)N1. The maximum absolute atomic E-state index is 11.9. The number of phenolic OH excluding ortho intramolecular Hbond substituents is 1. The number of carboxylic acid groups (broad SMARTS) is 1. The van der Waals surface area contributed by atoms with Gasteiger partial charge in [0.25, 0.3) is 0 Å². The van der Waals surface area contributed by atoms with E-state index in [9.17, 15) is 24.6 Å². The van der Waals surface area contributed by atoms with Crippen LogP contribution in [0.25, 0.3) is 0 Å². The van der Waals surface area contributed by atoms with Crippen molar-refractivity contribution in [2.24, 2.45) is 0 Å². The molecule has 7 heteroatoms. The first kappa shape index (κ1) is 14.8. The third kappa shape index (κ3) is 3.95. The lowest BCUT2D eigenvalue weighted by atomic mass is 10.1. The summed E-state index contributed by atoms with van der Waals surface area (Å²) in [6.45, 7) is 0. The van der Waals surface area contributed by atoms with E-state index in [0.717, 1.165) is 0 Å². The zero-order valence-electron chi connectivity index (χ0n) is 11.2. The van der Waals surface area contributed by atoms with Crippen LogP contribution in [-0.2, 0) is 20.8 Å². The minimum Gasteiger partial charge on any atom is -0.508 e. The van der Waals surface area contributed by atoms with Crippen molar-refractivity contribution >= 4 is 17.8 Å². The van der Waals surface area contributed by atoms with Crippen molar-refractivity contribution in [1.82, 2.24) is 10.6 Å². The van der Waals surface area contributed by atoms with Gasteiger partial charge in [-0.15, -0.1) is 0 Å². The van der Waals surface area contributed by atoms with Crippen LogP contribution in [0.2, 0.25) is 0 Å². The molecule has 4 N–H and O–H groups in total. The van der Waals surface area contributed by atoms with Crippen LogP contribution in [0.4, 0.5) is 0 Å². The summed E-state index contributed by atoms with van der Waals surface area (Å²) in [5.41, 5.74) is 0.677. The first-order valence-corrected chi connectivity index (χ1v) is 6.56. The highest BCUT2D eigenvalue weighted by atomic mass is 16.4. The van der Waals surface area contributed by atoms with Crippen LogP contribution in [0, 0.1) is 0 Å². The number of hydrogen-bond donors (Lipinski definition) is 4. The summed E-state index contributed by atoms with van der Waals surface area (Å²) in [4.78, 5) is 34.2. The Morgan fingerprint density at radius 2 is 2.00 bits per heavy atom. The molecule has 2 atom stereocenters. The van der Waals surface area contributed by atoms with Gasteiger partial charge in [-0.2, -0.15) is 0 Å². The molecule has 1 aliphatic rings. The fourth-order valence-electron chi connectivity index (χ4n) is 2.15. The third-order valence-corrected chi connectivity index (χ3v) is 3.30. The van der Waals surface area contributed by atoms with E-state index < -0.39 is 24.0 Å². The van der Waals surface area contributed by atoms with Crippen LogP contribution in [-0.4, -0.2) is 40.1 Å². The number of phenols is 1. The maximum Gasteiger partial charge on any atom is 0.326 e. The van der Waals surface area contributed by atoms with E-state index in [2.05, 4.69) is 10.6 Å². The highest BCUT2D eigenvalue weighted by Crippen LogP contribution is 2.12. The molecule has 1 aliphatic heterocycles. The topological polar surface area (TPSA) is 116 Å². The fraction of sp³-hybridized carbons (Fsp3) is 0.357. The van der Waals surface area contributed by atoms with E-state index >= 15 is 0 Å². The molecule has 21 heavy (non-hydrogen) atoms. The standard InChI is InChI=1S/C14H16N2O5/c17-9-3-1-8(2-4-9)7-11(14(20)21)16-13(19)10-5-6-12(18)15-10/h1-4,10-11,17H,5-7H2,(H,15,18)(H,16,19)(H,20,21)/t10?,11-/m1/s1. The van der Waals surface area contributed by atoms with E-state index in [-0.39, 0.29) is 24.5 Å². The maximum atomic E-state index is 11.9. The lowest BCUT2D eigenvalue weighted by Gasteiger charge is -2.17. The van der Waals surface area contributed by atoms with Gasteiger partial charge in [0, 0.05) is 12.8 Å². The Kier molecular flexibility index (Phi) is 4.42. The molecule has 7 nitrogen and oxygen atoms in total. The fourth-order valence-corrected chi connectivity index (χ4v) is 2.15. The van der Waals surface area contributed by atoms with Crippen molar-refractivity contribution in [1.29, 1.82) is 0 Å². The van der Waals surface area contributed by atoms with E-state index in [1.54, 1.807) is 12.1 Å². The number of benzene rings is 1. The van der Waals surface area contributed by atoms with Crippen molar-refractivity contribution < 1.29 is 24.6 Å². The van der Waals surface area contributed by atoms with Gasteiger partial charge in [0.2, 0.25) is 11.8 Å². The Morgan fingerprint density at radius 1 is 1.33 bits per heavy atom. The van der Waals surface area contributed by atoms with Crippen molar-refractivity contribution in [3.8, 4) is 5.75 Å². The Morgan fingerprint density at radius 3 is 2.52 bits per heavy atom. The Bertz CT molecular complexity index is 555. The van der Waals surface area contributed by atoms with Gasteiger partial charge in [0.1, 0.15) is 17.8 Å². The zero-order chi connectivity index (χ0) is 15.4. The largest absolute Gasteiger partial charge is 0.508 e. The van der Waals surface area contributed by atoms with Crippen LogP contribution >= 0.6 is 0 Å². The molecule has 0 radical (unpaired) electrons. The van der Waals surface area contributed by atoms with Gasteiger partial charge in [-0.25, -0.2) is 4.79 Å². The third-order valence-electron chi connectivity index (χ3n) is 3.30. The molecule has 1 saturated heterocycles. The average molecular weight is 292 g/mol. The van der Waals surface area contributed by atoms with Gasteiger partial charge in [0.15, 0.2) is 0 Å². The van der Waals surface area contributed by atoms with Gasteiger partial charge in [-0.3, -0.25) is 9.59 Å². The second kappa shape index (κ2) is 6.25. The summed E-state index contributed by atoms with van der Waals surface area (Å²) >= 11 is 0. The first-order valence-electron chi connectivity index (χ1n) is 6.56. The number of rotatable bonds is 5. The normalized spacial score (nSPS) is 18.9. The van der Waals surface area contributed by atoms with Crippen molar-refractivity contribution in [3.63, 3.8) is 0 Å². The molecular weight excluding hydrogens is 276 g/mol. The van der Waals surface area contributed by atoms with Crippen molar-refractivity contribution in [2.45, 2.75) is 31.3 Å². The molecule has 2 amide bonds. The van der Waals surface area contributed by atoms with E-state index in [1.165, 1.54) is 12.1 Å². The smallest absolute Gasteiger partial charge is 0.326 e. The molecule has 1 fully saturated rings. The highest BCUT2D eigenvalue weighted by molar-refractivity contribution is 5.92. The molecule has 1 unspecified atom stereocenters. The van der Waals surface area contributed by atoms with Gasteiger partial charge < -0.3 is 20.8 Å². The summed E-state index contributed by atoms with van der Waals surface area (Å²) in [5, 5.41) is 23.3. The summed E-state index contributed by atoms with van der Waals surface area (Å²) in [7, 11) is 0. The summed E-state index contributed by atoms with van der Waals surface area (Å²) < 4.78 is 0. The van der Waals surface area contributed by atoms with Crippen LogP contribution < -0.4 is 10.6 Å². The molecule has 112 valence electrons. The summed E-state index contributed by atoms with van der Waals surface area (Å²) in [6.07, 6.45) is 0.742. The van der Waals surface area contributed by atoms with Crippen LogP contribution in [0.15, 0.2) is 24.3 Å². The first-order chi connectivity index (χ1) is 9.95. The lowest BCUT2D eigenvalue weighted by molar-refractivity contribution is -0.142. The second-order valence-corrected chi connectivity index (χ2v) is 4.93. The molecule has 1 aromatic carbocycles. The molecule has 2 rings (SSSR count). The van der Waals surface area contributed by atoms with E-state index in [0.29, 0.717) is 12.0 Å². The van der Waals surface area contributed by atoms with E-state index in [1.807, 2.05) is 0 Å². The van der Waals surface area contributed by atoms with Gasteiger partial charge in [-0.1, -0.05) is 12.1 Å². The average Bonchev–Trinajstić information content (AvgIpc) is 2.87. The van der Waals surface area contributed by atoms with Crippen molar-refractivity contribution in [2.75, 3.05) is 0 Å². The van der Waals surface area contributed by atoms with Crippen LogP contribution in [0.3, 0.4) is 0 Å². The predicted molar refractivity (Wildman–Crippen MR) is 72.5 cm³/mol. The molecule has 0 saturated carbocycles. The number of carboxylic acids is 1. The van der Waals surface area contributed by atoms with Crippen LogP contribution in [0.5, 0.6) is 5.75 Å². The van der Waals surface area contributed by atoms with E-state index in [4.69, 9.17) is 0 Å². The highest BCUT2D eigenvalue weighted by Gasteiger charge is 2.30. The molecular formula is C14H16N2O5. The number of nitrogens with one attached hydrogen (secondary N) is 2. The molecule has 0 spiro atoms. The lowest BCUT2D eigenvalue weighted by Crippen LogP contribution is -2.49. The number of carbonyl (C=O) groups is 3. The second-order valence-electron chi connectivity index (χ2n) is 4.93. The molecule has 0 aliphatic carbocycles. The molecule has 0 aromatic heterocycles. The summed E-state index contributed by atoms with van der Waals surface area (Å²) in [6, 6.07) is 4.34. The van der Waals surface area contributed by atoms with Crippen molar-refractivity contribution in [3.05, 3.63) is 29.8 Å². The van der Waals surface area contributed by atoms with Gasteiger partial charge in [-0.05, 0) is 24.1 Å². The minimum absolute atomic E-state index is 0.0864. The predicted octanol–water partition coefficient (Wildman–Crippen LogP) is -0.217. The Hall–Kier alpha value is -2.57. The van der Waals surface area contributed by atoms with Crippen LogP contribution in [0.1, 0.15) is 18.4 Å². The zero-order valence-corrected chi connectivity index (χ0v) is 11.2. The minimum atomic E-state index is -1.15. The van der Waals surface area contributed by atoms with Gasteiger partial charge >= 0.3 is 5.97 Å². The Balaban J connectivity index is 1.99. The number of aliphatic carboxylic acids is 1.